The van der Waals surface area contributed by atoms with Gasteiger partial charge in [0, 0.05) is 12.1 Å². The van der Waals surface area contributed by atoms with Crippen molar-refractivity contribution in [3.8, 4) is 5.75 Å². The molecule has 0 heterocycles. The molecule has 0 aliphatic carbocycles. The second-order valence-electron chi connectivity index (χ2n) is 3.12. The van der Waals surface area contributed by atoms with E-state index in [0.29, 0.717) is 5.75 Å². The van der Waals surface area contributed by atoms with Gasteiger partial charge in [0.25, 0.3) is 5.69 Å². The highest BCUT2D eigenvalue weighted by atomic mass is 16.6. The first-order valence-corrected chi connectivity index (χ1v) is 4.70. The van der Waals surface area contributed by atoms with Crippen molar-refractivity contribution in [1.29, 1.82) is 0 Å². The summed E-state index contributed by atoms with van der Waals surface area (Å²) in [6, 6.07) is 3.24. The lowest BCUT2D eigenvalue weighted by Gasteiger charge is -2.08. The molecule has 0 fully saturated rings. The van der Waals surface area contributed by atoms with Crippen LogP contribution in [0.25, 0.3) is 0 Å². The Labute approximate surface area is 96.7 Å². The number of nitrogens with two attached hydrogens (primary N) is 2. The molecule has 5 N–H and O–H groups in total. The molecule has 8 heteroatoms. The summed E-state index contributed by atoms with van der Waals surface area (Å²) in [5.41, 5.74) is 10.5. The van der Waals surface area contributed by atoms with E-state index in [4.69, 9.17) is 16.2 Å². The average Bonchev–Trinajstić information content (AvgIpc) is 2.25. The number of nitro benzene ring substituents is 1. The molecule has 17 heavy (non-hydrogen) atoms. The van der Waals surface area contributed by atoms with Gasteiger partial charge >= 0.3 is 6.03 Å². The average molecular weight is 240 g/mol. The van der Waals surface area contributed by atoms with E-state index in [2.05, 4.69) is 5.32 Å². The Morgan fingerprint density at radius 2 is 2.24 bits per heavy atom. The number of nitrogens with zero attached hydrogens (tertiary/aromatic N) is 1. The Hall–Kier alpha value is -2.51. The molecule has 0 saturated carbocycles. The quantitative estimate of drug-likeness (QED) is 0.293. The smallest absolute Gasteiger partial charge is 0.312 e. The molecular weight excluding hydrogens is 228 g/mol. The van der Waals surface area contributed by atoms with Crippen molar-refractivity contribution in [3.05, 3.63) is 28.3 Å². The minimum atomic E-state index is -0.648. The minimum Gasteiger partial charge on any atom is -0.490 e. The van der Waals surface area contributed by atoms with Gasteiger partial charge in [-0.1, -0.05) is 0 Å². The molecular formula is C9H12N4O4. The largest absolute Gasteiger partial charge is 0.490 e. The lowest BCUT2D eigenvalue weighted by Crippen LogP contribution is -2.32. The van der Waals surface area contributed by atoms with Gasteiger partial charge in [-0.05, 0) is 6.07 Å². The van der Waals surface area contributed by atoms with Gasteiger partial charge in [0.2, 0.25) is 0 Å². The number of urea groups is 1. The van der Waals surface area contributed by atoms with E-state index in [1.54, 1.807) is 0 Å². The lowest BCUT2D eigenvalue weighted by atomic mass is 10.2. The van der Waals surface area contributed by atoms with E-state index in [0.717, 1.165) is 0 Å². The predicted molar refractivity (Wildman–Crippen MR) is 60.6 cm³/mol. The highest BCUT2D eigenvalue weighted by Crippen LogP contribution is 2.25. The maximum Gasteiger partial charge on any atom is 0.312 e. The van der Waals surface area contributed by atoms with Gasteiger partial charge in [0.05, 0.1) is 17.2 Å². The molecule has 0 bridgehead atoms. The van der Waals surface area contributed by atoms with Crippen LogP contribution in [0.15, 0.2) is 18.2 Å². The van der Waals surface area contributed by atoms with Crippen molar-refractivity contribution in [2.24, 2.45) is 5.73 Å². The number of nitrogens with one attached hydrogen (secondary N) is 1. The number of rotatable bonds is 5. The van der Waals surface area contributed by atoms with Crippen LogP contribution in [0.3, 0.4) is 0 Å². The Kier molecular flexibility index (Phi) is 4.09. The molecule has 0 radical (unpaired) electrons. The van der Waals surface area contributed by atoms with Crippen molar-refractivity contribution in [2.45, 2.75) is 0 Å². The first-order valence-electron chi connectivity index (χ1n) is 4.70. The third-order valence-electron chi connectivity index (χ3n) is 1.86. The molecule has 0 aliphatic rings. The van der Waals surface area contributed by atoms with Crippen molar-refractivity contribution in [3.63, 3.8) is 0 Å². The number of carbonyl (C=O) groups is 1. The molecule has 0 unspecified atom stereocenters. The number of primary amides is 1. The minimum absolute atomic E-state index is 0.106. The van der Waals surface area contributed by atoms with Gasteiger partial charge < -0.3 is 21.5 Å². The number of hydrogen-bond donors (Lipinski definition) is 3. The fourth-order valence-corrected chi connectivity index (χ4v) is 1.12. The number of nitrogen functional groups attached to an aromatic ring is 1. The number of nitro groups is 1. The molecule has 0 saturated heterocycles. The first kappa shape index (κ1) is 12.6. The summed E-state index contributed by atoms with van der Waals surface area (Å²) in [5.74, 6) is 0.321. The van der Waals surface area contributed by atoms with Gasteiger partial charge in [-0.15, -0.1) is 0 Å². The summed E-state index contributed by atoms with van der Waals surface area (Å²) in [7, 11) is 0. The van der Waals surface area contributed by atoms with Gasteiger partial charge in [-0.25, -0.2) is 4.79 Å². The van der Waals surface area contributed by atoms with E-state index in [1.165, 1.54) is 18.2 Å². The van der Waals surface area contributed by atoms with E-state index in [1.807, 2.05) is 0 Å². The maximum atomic E-state index is 10.4. The van der Waals surface area contributed by atoms with Gasteiger partial charge in [-0.3, -0.25) is 10.1 Å². The second kappa shape index (κ2) is 5.54. The summed E-state index contributed by atoms with van der Waals surface area (Å²) >= 11 is 0. The molecule has 0 aliphatic heterocycles. The summed E-state index contributed by atoms with van der Waals surface area (Å²) in [5, 5.41) is 12.8. The van der Waals surface area contributed by atoms with Gasteiger partial charge in [0.1, 0.15) is 12.4 Å². The van der Waals surface area contributed by atoms with Crippen molar-refractivity contribution >= 4 is 17.4 Å². The van der Waals surface area contributed by atoms with Crippen LogP contribution in [-0.4, -0.2) is 24.1 Å². The van der Waals surface area contributed by atoms with Crippen LogP contribution in [0.2, 0.25) is 0 Å². The monoisotopic (exact) mass is 240 g/mol. The molecule has 0 atom stereocenters. The van der Waals surface area contributed by atoms with Gasteiger partial charge in [0.15, 0.2) is 0 Å². The fourth-order valence-electron chi connectivity index (χ4n) is 1.12. The molecule has 1 aromatic rings. The zero-order valence-corrected chi connectivity index (χ0v) is 8.88. The number of carbonyl (C=O) groups excluding carboxylic acids is 1. The maximum absolute atomic E-state index is 10.4. The number of hydrogen-bond acceptors (Lipinski definition) is 5. The Morgan fingerprint density at radius 3 is 2.76 bits per heavy atom. The van der Waals surface area contributed by atoms with Crippen LogP contribution in [0.1, 0.15) is 0 Å². The molecule has 92 valence electrons. The van der Waals surface area contributed by atoms with Crippen LogP contribution in [0.5, 0.6) is 5.75 Å². The van der Waals surface area contributed by atoms with E-state index in [-0.39, 0.29) is 24.5 Å². The molecule has 2 amide bonds. The summed E-state index contributed by atoms with van der Waals surface area (Å²) in [6.45, 7) is 0.400. The van der Waals surface area contributed by atoms with Crippen LogP contribution in [0, 0.1) is 10.1 Å². The van der Waals surface area contributed by atoms with Crippen LogP contribution in [-0.2, 0) is 0 Å². The highest BCUT2D eigenvalue weighted by molar-refractivity contribution is 5.71. The summed E-state index contributed by atoms with van der Waals surface area (Å²) in [4.78, 5) is 20.3. The normalized spacial score (nSPS) is 9.65. The van der Waals surface area contributed by atoms with Crippen molar-refractivity contribution < 1.29 is 14.5 Å². The van der Waals surface area contributed by atoms with Crippen LogP contribution < -0.4 is 21.5 Å². The number of anilines is 1. The summed E-state index contributed by atoms with van der Waals surface area (Å²) < 4.78 is 5.20. The van der Waals surface area contributed by atoms with Gasteiger partial charge in [-0.2, -0.15) is 0 Å². The standard InChI is InChI=1S/C9H12N4O4/c10-7-5-6(13(15)16)1-2-8(7)17-4-3-12-9(11)14/h1-2,5H,3-4,10H2,(H3,11,12,14). The topological polar surface area (TPSA) is 134 Å². The molecule has 8 nitrogen and oxygen atoms in total. The lowest BCUT2D eigenvalue weighted by molar-refractivity contribution is -0.384. The van der Waals surface area contributed by atoms with Crippen molar-refractivity contribution in [1.82, 2.24) is 5.32 Å². The molecule has 0 aromatic heterocycles. The number of non-ortho nitro benzene ring substituents is 1. The summed E-state index contributed by atoms with van der Waals surface area (Å²) in [6.07, 6.45) is 0. The molecule has 1 aromatic carbocycles. The third-order valence-corrected chi connectivity index (χ3v) is 1.86. The number of benzene rings is 1. The Morgan fingerprint density at radius 1 is 1.53 bits per heavy atom. The van der Waals surface area contributed by atoms with Crippen LogP contribution in [0.4, 0.5) is 16.2 Å². The third kappa shape index (κ3) is 3.86. The van der Waals surface area contributed by atoms with E-state index >= 15 is 0 Å². The highest BCUT2D eigenvalue weighted by Gasteiger charge is 2.09. The molecule has 1 rings (SSSR count). The fraction of sp³-hybridized carbons (Fsp3) is 0.222. The predicted octanol–water partition coefficient (Wildman–Crippen LogP) is 0.224. The number of amides is 2. The molecule has 0 spiro atoms. The first-order chi connectivity index (χ1) is 8.00. The SMILES string of the molecule is NC(=O)NCCOc1ccc([N+](=O)[O-])cc1N. The zero-order chi connectivity index (χ0) is 12.8. The Balaban J connectivity index is 2.54. The van der Waals surface area contributed by atoms with Crippen molar-refractivity contribution in [2.75, 3.05) is 18.9 Å². The van der Waals surface area contributed by atoms with Crippen LogP contribution >= 0.6 is 0 Å². The van der Waals surface area contributed by atoms with E-state index in [9.17, 15) is 14.9 Å². The Bertz CT molecular complexity index is 435. The second-order valence-corrected chi connectivity index (χ2v) is 3.12. The number of ether oxygens (including phenoxy) is 1. The zero-order valence-electron chi connectivity index (χ0n) is 8.88. The van der Waals surface area contributed by atoms with E-state index < -0.39 is 11.0 Å².